The van der Waals surface area contributed by atoms with E-state index in [9.17, 15) is 9.18 Å². The number of nitrogens with zero attached hydrogens (tertiary/aromatic N) is 4. The number of hydrogen-bond donors (Lipinski definition) is 1. The Morgan fingerprint density at radius 2 is 2.21 bits per heavy atom. The minimum absolute atomic E-state index is 0.0393. The third kappa shape index (κ3) is 4.04. The van der Waals surface area contributed by atoms with Crippen molar-refractivity contribution in [1.82, 2.24) is 20.4 Å². The maximum Gasteiger partial charge on any atom is 0.258 e. The second-order valence-corrected chi connectivity index (χ2v) is 7.70. The maximum atomic E-state index is 14.6. The Bertz CT molecular complexity index is 951. The van der Waals surface area contributed by atoms with Crippen LogP contribution >= 0.6 is 11.3 Å². The Morgan fingerprint density at radius 3 is 2.86 bits per heavy atom. The lowest BCUT2D eigenvalue weighted by Crippen LogP contribution is -2.40. The fourth-order valence-electron chi connectivity index (χ4n) is 3.34. The molecule has 1 saturated heterocycles. The number of amides is 1. The van der Waals surface area contributed by atoms with E-state index in [1.807, 2.05) is 10.3 Å². The summed E-state index contributed by atoms with van der Waals surface area (Å²) in [6.07, 6.45) is 3.10. The summed E-state index contributed by atoms with van der Waals surface area (Å²) >= 11 is 1.52. The van der Waals surface area contributed by atoms with Crippen molar-refractivity contribution in [3.05, 3.63) is 46.4 Å². The zero-order valence-electron chi connectivity index (χ0n) is 15.4. The van der Waals surface area contributed by atoms with Gasteiger partial charge in [0.1, 0.15) is 10.8 Å². The fourth-order valence-corrected chi connectivity index (χ4v) is 3.90. The minimum atomic E-state index is -0.333. The van der Waals surface area contributed by atoms with Gasteiger partial charge in [-0.15, -0.1) is 11.3 Å². The number of carbonyl (C=O) groups excluding carboxylic acids is 1. The summed E-state index contributed by atoms with van der Waals surface area (Å²) in [5.74, 6) is 0.464. The molecule has 1 aliphatic heterocycles. The SMILES string of the molecule is Cc1noc(-c2ccc(N3CCC(C(=O)NCc4nccs4)CC3)c(F)c2)n1. The molecule has 1 N–H and O–H groups in total. The minimum Gasteiger partial charge on any atom is -0.369 e. The molecule has 4 rings (SSSR count). The van der Waals surface area contributed by atoms with Crippen LogP contribution in [-0.2, 0) is 11.3 Å². The van der Waals surface area contributed by atoms with Crippen molar-refractivity contribution < 1.29 is 13.7 Å². The quantitative estimate of drug-likeness (QED) is 0.707. The number of anilines is 1. The number of piperidine rings is 1. The van der Waals surface area contributed by atoms with Gasteiger partial charge in [0.15, 0.2) is 5.82 Å². The van der Waals surface area contributed by atoms with Gasteiger partial charge in [-0.05, 0) is 38.0 Å². The second kappa shape index (κ2) is 8.05. The van der Waals surface area contributed by atoms with E-state index in [2.05, 4.69) is 20.4 Å². The van der Waals surface area contributed by atoms with Crippen LogP contribution in [0, 0.1) is 18.7 Å². The number of aryl methyl sites for hydroxylation is 1. The normalized spacial score (nSPS) is 15.0. The van der Waals surface area contributed by atoms with Crippen LogP contribution in [0.5, 0.6) is 0 Å². The molecule has 1 aliphatic rings. The number of thiazole rings is 1. The van der Waals surface area contributed by atoms with E-state index in [-0.39, 0.29) is 17.6 Å². The van der Waals surface area contributed by atoms with Crippen molar-refractivity contribution in [2.24, 2.45) is 5.92 Å². The van der Waals surface area contributed by atoms with Crippen molar-refractivity contribution in [2.45, 2.75) is 26.3 Å². The lowest BCUT2D eigenvalue weighted by atomic mass is 9.95. The molecule has 9 heteroatoms. The number of nitrogens with one attached hydrogen (secondary N) is 1. The van der Waals surface area contributed by atoms with E-state index in [1.165, 1.54) is 17.4 Å². The van der Waals surface area contributed by atoms with Gasteiger partial charge in [-0.2, -0.15) is 4.98 Å². The summed E-state index contributed by atoms with van der Waals surface area (Å²) in [5.41, 5.74) is 1.08. The number of rotatable bonds is 5. The highest BCUT2D eigenvalue weighted by Crippen LogP contribution is 2.29. The Labute approximate surface area is 165 Å². The van der Waals surface area contributed by atoms with Gasteiger partial charge in [-0.25, -0.2) is 9.37 Å². The molecular formula is C19H20FN5O2S. The third-order valence-corrected chi connectivity index (χ3v) is 5.61. The standard InChI is InChI=1S/C19H20FN5O2S/c1-12-23-19(27-24-12)14-2-3-16(15(20)10-14)25-7-4-13(5-8-25)18(26)22-11-17-21-6-9-28-17/h2-3,6,9-10,13H,4-5,7-8,11H2,1H3,(H,22,26). The molecule has 0 aliphatic carbocycles. The first-order valence-corrected chi connectivity index (χ1v) is 9.99. The smallest absolute Gasteiger partial charge is 0.258 e. The molecule has 0 spiro atoms. The summed E-state index contributed by atoms with van der Waals surface area (Å²) in [4.78, 5) is 22.6. The van der Waals surface area contributed by atoms with Gasteiger partial charge < -0.3 is 14.7 Å². The lowest BCUT2D eigenvalue weighted by molar-refractivity contribution is -0.125. The number of aromatic nitrogens is 3. The van der Waals surface area contributed by atoms with E-state index in [0.29, 0.717) is 55.4 Å². The largest absolute Gasteiger partial charge is 0.369 e. The highest BCUT2D eigenvalue weighted by molar-refractivity contribution is 7.09. The van der Waals surface area contributed by atoms with Crippen LogP contribution in [0.15, 0.2) is 34.3 Å². The number of hydrogen-bond acceptors (Lipinski definition) is 7. The molecule has 7 nitrogen and oxygen atoms in total. The number of benzene rings is 1. The molecule has 3 aromatic rings. The van der Waals surface area contributed by atoms with Gasteiger partial charge in [-0.1, -0.05) is 5.16 Å². The molecular weight excluding hydrogens is 381 g/mol. The molecule has 3 heterocycles. The van der Waals surface area contributed by atoms with Crippen LogP contribution in [-0.4, -0.2) is 34.1 Å². The van der Waals surface area contributed by atoms with Crippen LogP contribution < -0.4 is 10.2 Å². The van der Waals surface area contributed by atoms with E-state index in [4.69, 9.17) is 4.52 Å². The summed E-state index contributed by atoms with van der Waals surface area (Å²) < 4.78 is 19.7. The first-order valence-electron chi connectivity index (χ1n) is 9.11. The first-order chi connectivity index (χ1) is 13.6. The average molecular weight is 401 g/mol. The predicted octanol–water partition coefficient (Wildman–Crippen LogP) is 3.17. The lowest BCUT2D eigenvalue weighted by Gasteiger charge is -2.33. The maximum absolute atomic E-state index is 14.6. The van der Waals surface area contributed by atoms with Crippen LogP contribution in [0.2, 0.25) is 0 Å². The van der Waals surface area contributed by atoms with E-state index in [1.54, 1.807) is 25.3 Å². The molecule has 1 fully saturated rings. The van der Waals surface area contributed by atoms with Gasteiger partial charge in [-0.3, -0.25) is 4.79 Å². The summed E-state index contributed by atoms with van der Waals surface area (Å²) in [7, 11) is 0. The highest BCUT2D eigenvalue weighted by atomic mass is 32.1. The topological polar surface area (TPSA) is 84.2 Å². The Balaban J connectivity index is 1.35. The molecule has 0 saturated carbocycles. The zero-order valence-corrected chi connectivity index (χ0v) is 16.2. The number of carbonyl (C=O) groups is 1. The van der Waals surface area contributed by atoms with Gasteiger partial charge in [0, 0.05) is 36.1 Å². The summed E-state index contributed by atoms with van der Waals surface area (Å²) in [6.45, 7) is 3.44. The second-order valence-electron chi connectivity index (χ2n) is 6.72. The summed E-state index contributed by atoms with van der Waals surface area (Å²) in [6, 6.07) is 4.92. The van der Waals surface area contributed by atoms with E-state index >= 15 is 0 Å². The van der Waals surface area contributed by atoms with Crippen molar-refractivity contribution >= 4 is 22.9 Å². The molecule has 0 bridgehead atoms. The molecule has 2 aromatic heterocycles. The Kier molecular flexibility index (Phi) is 5.34. The van der Waals surface area contributed by atoms with Gasteiger partial charge in [0.25, 0.3) is 5.89 Å². The monoisotopic (exact) mass is 401 g/mol. The molecule has 1 amide bonds. The Morgan fingerprint density at radius 1 is 1.39 bits per heavy atom. The van der Waals surface area contributed by atoms with Crippen LogP contribution in [0.25, 0.3) is 11.5 Å². The fraction of sp³-hybridized carbons (Fsp3) is 0.368. The molecule has 0 unspecified atom stereocenters. The molecule has 28 heavy (non-hydrogen) atoms. The zero-order chi connectivity index (χ0) is 19.5. The number of halogens is 1. The molecule has 0 radical (unpaired) electrons. The first kappa shape index (κ1) is 18.5. The molecule has 1 aromatic carbocycles. The van der Waals surface area contributed by atoms with Gasteiger partial charge in [0.05, 0.1) is 12.2 Å². The van der Waals surface area contributed by atoms with Crippen molar-refractivity contribution in [2.75, 3.05) is 18.0 Å². The van der Waals surface area contributed by atoms with Crippen LogP contribution in [0.3, 0.4) is 0 Å². The van der Waals surface area contributed by atoms with Crippen molar-refractivity contribution in [3.8, 4) is 11.5 Å². The molecule has 146 valence electrons. The average Bonchev–Trinajstić information content (AvgIpc) is 3.38. The summed E-state index contributed by atoms with van der Waals surface area (Å²) in [5, 5.41) is 9.45. The van der Waals surface area contributed by atoms with Crippen LogP contribution in [0.1, 0.15) is 23.7 Å². The van der Waals surface area contributed by atoms with E-state index in [0.717, 1.165) is 5.01 Å². The third-order valence-electron chi connectivity index (χ3n) is 4.83. The van der Waals surface area contributed by atoms with Gasteiger partial charge in [0.2, 0.25) is 5.91 Å². The van der Waals surface area contributed by atoms with Crippen LogP contribution in [0.4, 0.5) is 10.1 Å². The van der Waals surface area contributed by atoms with E-state index < -0.39 is 0 Å². The Hall–Kier alpha value is -2.81. The highest BCUT2D eigenvalue weighted by Gasteiger charge is 2.26. The van der Waals surface area contributed by atoms with Crippen molar-refractivity contribution in [1.29, 1.82) is 0 Å². The molecule has 0 atom stereocenters. The predicted molar refractivity (Wildman–Crippen MR) is 103 cm³/mol. The van der Waals surface area contributed by atoms with Crippen molar-refractivity contribution in [3.63, 3.8) is 0 Å². The van der Waals surface area contributed by atoms with Gasteiger partial charge >= 0.3 is 0 Å².